The number of nitrogens with two attached hydrogens (primary N) is 1. The maximum atomic E-state index is 6.17. The molecule has 3 nitrogen and oxygen atoms in total. The second-order valence-corrected chi connectivity index (χ2v) is 7.06. The molecule has 0 bridgehead atoms. The van der Waals surface area contributed by atoms with Gasteiger partial charge in [0.25, 0.3) is 0 Å². The predicted octanol–water partition coefficient (Wildman–Crippen LogP) is 2.96. The van der Waals surface area contributed by atoms with E-state index in [1.807, 2.05) is 17.8 Å². The van der Waals surface area contributed by atoms with E-state index in [1.165, 1.54) is 24.2 Å². The first-order valence-electron chi connectivity index (χ1n) is 7.34. The molecule has 1 aromatic carbocycles. The summed E-state index contributed by atoms with van der Waals surface area (Å²) in [5, 5.41) is 0. The van der Waals surface area contributed by atoms with E-state index in [0.29, 0.717) is 6.10 Å². The van der Waals surface area contributed by atoms with Crippen molar-refractivity contribution in [2.24, 2.45) is 5.73 Å². The predicted molar refractivity (Wildman–Crippen MR) is 83.9 cm³/mol. The van der Waals surface area contributed by atoms with E-state index in [4.69, 9.17) is 15.2 Å². The molecule has 0 spiro atoms. The van der Waals surface area contributed by atoms with Crippen molar-refractivity contribution in [3.63, 3.8) is 0 Å². The molecule has 0 aromatic heterocycles. The number of rotatable bonds is 5. The van der Waals surface area contributed by atoms with Gasteiger partial charge in [0, 0.05) is 17.2 Å². The minimum absolute atomic E-state index is 0.162. The summed E-state index contributed by atoms with van der Waals surface area (Å²) in [7, 11) is 1.70. The number of benzene rings is 1. The van der Waals surface area contributed by atoms with Gasteiger partial charge in [-0.1, -0.05) is 6.07 Å². The van der Waals surface area contributed by atoms with Crippen LogP contribution in [0.5, 0.6) is 11.5 Å². The Morgan fingerprint density at radius 1 is 1.35 bits per heavy atom. The van der Waals surface area contributed by atoms with Gasteiger partial charge in [0.15, 0.2) is 11.5 Å². The molecule has 1 saturated carbocycles. The lowest BCUT2D eigenvalue weighted by molar-refractivity contribution is 0.218. The summed E-state index contributed by atoms with van der Waals surface area (Å²) in [5.41, 5.74) is 7.64. The molecule has 1 aromatic rings. The van der Waals surface area contributed by atoms with E-state index in [2.05, 4.69) is 19.1 Å². The molecule has 4 heteroatoms. The Morgan fingerprint density at radius 2 is 2.15 bits per heavy atom. The van der Waals surface area contributed by atoms with Crippen LogP contribution in [0.1, 0.15) is 31.7 Å². The molecule has 2 N–H and O–H groups in total. The van der Waals surface area contributed by atoms with Crippen molar-refractivity contribution in [1.29, 1.82) is 0 Å². The highest BCUT2D eigenvalue weighted by Crippen LogP contribution is 2.51. The first kappa shape index (κ1) is 14.1. The van der Waals surface area contributed by atoms with Crippen LogP contribution in [-0.4, -0.2) is 30.8 Å². The summed E-state index contributed by atoms with van der Waals surface area (Å²) in [4.78, 5) is 0. The molecule has 2 aliphatic rings. The van der Waals surface area contributed by atoms with Gasteiger partial charge in [0.1, 0.15) is 6.10 Å². The summed E-state index contributed by atoms with van der Waals surface area (Å²) in [5.74, 6) is 3.97. The fourth-order valence-electron chi connectivity index (χ4n) is 3.01. The van der Waals surface area contributed by atoms with Crippen LogP contribution < -0.4 is 15.2 Å². The van der Waals surface area contributed by atoms with Crippen LogP contribution in [0.15, 0.2) is 18.2 Å². The van der Waals surface area contributed by atoms with Crippen molar-refractivity contribution in [3.05, 3.63) is 23.8 Å². The molecular formula is C16H23NO2S. The Morgan fingerprint density at radius 3 is 2.70 bits per heavy atom. The number of hydrogen-bond donors (Lipinski definition) is 1. The van der Waals surface area contributed by atoms with Gasteiger partial charge < -0.3 is 15.2 Å². The number of hydrogen-bond acceptors (Lipinski definition) is 4. The molecule has 110 valence electrons. The van der Waals surface area contributed by atoms with E-state index in [9.17, 15) is 0 Å². The van der Waals surface area contributed by atoms with Crippen LogP contribution >= 0.6 is 11.8 Å². The van der Waals surface area contributed by atoms with Crippen LogP contribution in [-0.2, 0) is 5.41 Å². The van der Waals surface area contributed by atoms with Gasteiger partial charge in [-0.3, -0.25) is 0 Å². The van der Waals surface area contributed by atoms with Crippen LogP contribution in [0.4, 0.5) is 0 Å². The normalized spacial score (nSPS) is 25.2. The lowest BCUT2D eigenvalue weighted by atomic mass is 9.89. The van der Waals surface area contributed by atoms with E-state index < -0.39 is 0 Å². The van der Waals surface area contributed by atoms with Crippen molar-refractivity contribution in [3.8, 4) is 11.5 Å². The van der Waals surface area contributed by atoms with E-state index in [0.717, 1.165) is 23.7 Å². The number of thioether (sulfide) groups is 1. The van der Waals surface area contributed by atoms with Gasteiger partial charge >= 0.3 is 0 Å². The summed E-state index contributed by atoms with van der Waals surface area (Å²) >= 11 is 1.96. The average molecular weight is 293 g/mol. The second kappa shape index (κ2) is 5.49. The fraction of sp³-hybridized carbons (Fsp3) is 0.625. The monoisotopic (exact) mass is 293 g/mol. The Labute approximate surface area is 125 Å². The molecule has 2 fully saturated rings. The highest BCUT2D eigenvalue weighted by Gasteiger charge is 2.47. The number of methoxy groups -OCH3 is 1. The zero-order chi connectivity index (χ0) is 14.2. The van der Waals surface area contributed by atoms with Gasteiger partial charge in [0.05, 0.1) is 7.11 Å². The van der Waals surface area contributed by atoms with Gasteiger partial charge in [0.2, 0.25) is 0 Å². The fourth-order valence-corrected chi connectivity index (χ4v) is 4.10. The van der Waals surface area contributed by atoms with Crippen molar-refractivity contribution in [1.82, 2.24) is 0 Å². The van der Waals surface area contributed by atoms with Crippen LogP contribution in [0.2, 0.25) is 0 Å². The van der Waals surface area contributed by atoms with E-state index in [1.54, 1.807) is 7.11 Å². The average Bonchev–Trinajstić information content (AvgIpc) is 3.12. The first-order valence-corrected chi connectivity index (χ1v) is 8.50. The molecule has 3 rings (SSSR count). The third-order valence-electron chi connectivity index (χ3n) is 4.58. The minimum Gasteiger partial charge on any atom is -0.493 e. The molecule has 2 atom stereocenters. The molecule has 20 heavy (non-hydrogen) atoms. The van der Waals surface area contributed by atoms with E-state index in [-0.39, 0.29) is 11.5 Å². The smallest absolute Gasteiger partial charge is 0.161 e. The molecule has 0 radical (unpaired) electrons. The third-order valence-corrected chi connectivity index (χ3v) is 5.71. The molecule has 1 aliphatic heterocycles. The largest absolute Gasteiger partial charge is 0.493 e. The topological polar surface area (TPSA) is 44.5 Å². The Bertz CT molecular complexity index is 479. The van der Waals surface area contributed by atoms with Crippen molar-refractivity contribution >= 4 is 11.8 Å². The summed E-state index contributed by atoms with van der Waals surface area (Å²) in [6.45, 7) is 2.10. The molecule has 2 unspecified atom stereocenters. The van der Waals surface area contributed by atoms with Crippen LogP contribution in [0.3, 0.4) is 0 Å². The Kier molecular flexibility index (Phi) is 3.87. The first-order chi connectivity index (χ1) is 9.65. The molecule has 1 aliphatic carbocycles. The maximum Gasteiger partial charge on any atom is 0.161 e. The summed E-state index contributed by atoms with van der Waals surface area (Å²) in [6, 6.07) is 6.50. The van der Waals surface area contributed by atoms with Crippen LogP contribution in [0.25, 0.3) is 0 Å². The molecule has 1 saturated heterocycles. The van der Waals surface area contributed by atoms with Gasteiger partial charge in [-0.2, -0.15) is 11.8 Å². The zero-order valence-corrected chi connectivity index (χ0v) is 13.0. The molecule has 1 heterocycles. The quantitative estimate of drug-likeness (QED) is 0.906. The zero-order valence-electron chi connectivity index (χ0n) is 12.2. The lowest BCUT2D eigenvalue weighted by Crippen LogP contribution is -2.31. The molecular weight excluding hydrogens is 270 g/mol. The second-order valence-electron chi connectivity index (χ2n) is 5.91. The standard InChI is InChI=1S/C16H23NO2S/c1-11(17)16(6-7-16)12-3-4-14(18-2)15(9-12)19-13-5-8-20-10-13/h3-4,9,11,13H,5-8,10,17H2,1-2H3. The SMILES string of the molecule is COc1ccc(C2(C(C)N)CC2)cc1OC1CCSC1. The lowest BCUT2D eigenvalue weighted by Gasteiger charge is -2.22. The van der Waals surface area contributed by atoms with Gasteiger partial charge in [-0.15, -0.1) is 0 Å². The van der Waals surface area contributed by atoms with Crippen molar-refractivity contribution < 1.29 is 9.47 Å². The summed E-state index contributed by atoms with van der Waals surface area (Å²) < 4.78 is 11.6. The number of ether oxygens (including phenoxy) is 2. The van der Waals surface area contributed by atoms with E-state index >= 15 is 0 Å². The Balaban J connectivity index is 1.86. The maximum absolute atomic E-state index is 6.17. The highest BCUT2D eigenvalue weighted by atomic mass is 32.2. The van der Waals surface area contributed by atoms with Crippen molar-refractivity contribution in [2.75, 3.05) is 18.6 Å². The Hall–Kier alpha value is -0.870. The van der Waals surface area contributed by atoms with Crippen molar-refractivity contribution in [2.45, 2.75) is 43.7 Å². The highest BCUT2D eigenvalue weighted by molar-refractivity contribution is 7.99. The van der Waals surface area contributed by atoms with Crippen LogP contribution in [0, 0.1) is 0 Å². The minimum atomic E-state index is 0.162. The van der Waals surface area contributed by atoms with Gasteiger partial charge in [-0.25, -0.2) is 0 Å². The third kappa shape index (κ3) is 2.51. The molecule has 0 amide bonds. The summed E-state index contributed by atoms with van der Waals surface area (Å²) in [6.07, 6.45) is 3.79. The van der Waals surface area contributed by atoms with Gasteiger partial charge in [-0.05, 0) is 49.6 Å².